The molecule has 0 spiro atoms. The number of nitrogens with one attached hydrogen (secondary N) is 1. The van der Waals surface area contributed by atoms with Crippen LogP contribution in [-0.4, -0.2) is 27.7 Å². The van der Waals surface area contributed by atoms with E-state index in [0.29, 0.717) is 4.47 Å². The van der Waals surface area contributed by atoms with E-state index in [4.69, 9.17) is 16.3 Å². The molecule has 2 aromatic carbocycles. The zero-order valence-electron chi connectivity index (χ0n) is 14.9. The van der Waals surface area contributed by atoms with Crippen LogP contribution in [0.5, 0.6) is 5.75 Å². The number of nitrogens with zero attached hydrogens (tertiary/aromatic N) is 3. The van der Waals surface area contributed by atoms with Crippen molar-refractivity contribution in [3.8, 4) is 5.75 Å². The minimum absolute atomic E-state index is 0.0405. The molecule has 0 aliphatic carbocycles. The highest BCUT2D eigenvalue weighted by Crippen LogP contribution is 2.29. The third-order valence-corrected chi connectivity index (χ3v) is 4.90. The highest BCUT2D eigenvalue weighted by Gasteiger charge is 2.20. The number of amides is 1. The number of carbonyl (C=O) groups is 1. The summed E-state index contributed by atoms with van der Waals surface area (Å²) >= 11 is 9.30. The predicted octanol–water partition coefficient (Wildman–Crippen LogP) is 4.66. The highest BCUT2D eigenvalue weighted by molar-refractivity contribution is 9.10. The number of carbonyl (C=O) groups excluding carboxylic acids is 1. The molecular weight excluding hydrogens is 471 g/mol. The van der Waals surface area contributed by atoms with Crippen LogP contribution in [0.2, 0.25) is 5.02 Å². The van der Waals surface area contributed by atoms with Crippen molar-refractivity contribution in [2.75, 3.05) is 12.4 Å². The van der Waals surface area contributed by atoms with Crippen LogP contribution in [0.25, 0.3) is 0 Å². The number of ether oxygens (including phenoxy) is 1. The molecule has 0 saturated carbocycles. The Labute approximate surface area is 177 Å². The van der Waals surface area contributed by atoms with Crippen LogP contribution in [0.1, 0.15) is 15.9 Å². The lowest BCUT2D eigenvalue weighted by molar-refractivity contribution is -0.385. The van der Waals surface area contributed by atoms with Crippen molar-refractivity contribution in [1.29, 1.82) is 0 Å². The van der Waals surface area contributed by atoms with Gasteiger partial charge < -0.3 is 10.1 Å². The normalized spacial score (nSPS) is 10.6. The molecule has 29 heavy (non-hydrogen) atoms. The van der Waals surface area contributed by atoms with Crippen molar-refractivity contribution in [1.82, 2.24) is 9.78 Å². The molecule has 0 aliphatic rings. The van der Waals surface area contributed by atoms with Gasteiger partial charge in [-0.3, -0.25) is 19.6 Å². The third-order valence-electron chi connectivity index (χ3n) is 3.97. The first-order valence-electron chi connectivity index (χ1n) is 8.09. The maximum Gasteiger partial charge on any atom is 0.311 e. The zero-order chi connectivity index (χ0) is 21.1. The van der Waals surface area contributed by atoms with E-state index in [9.17, 15) is 19.3 Å². The Hall–Kier alpha value is -2.98. The summed E-state index contributed by atoms with van der Waals surface area (Å²) in [5, 5.41) is 18.1. The van der Waals surface area contributed by atoms with Crippen molar-refractivity contribution in [3.05, 3.63) is 79.1 Å². The van der Waals surface area contributed by atoms with Crippen LogP contribution in [-0.2, 0) is 6.54 Å². The fraction of sp³-hybridized carbons (Fsp3) is 0.111. The molecular formula is C18H13BrClFN4O4. The van der Waals surface area contributed by atoms with Crippen LogP contribution in [0.4, 0.5) is 15.9 Å². The Balaban J connectivity index is 1.82. The summed E-state index contributed by atoms with van der Waals surface area (Å²) in [6, 6.07) is 8.20. The van der Waals surface area contributed by atoms with E-state index in [1.54, 1.807) is 12.3 Å². The molecule has 0 unspecified atom stereocenters. The van der Waals surface area contributed by atoms with Crippen LogP contribution in [0, 0.1) is 15.9 Å². The number of nitro benzene ring substituents is 1. The number of nitro groups is 1. The minimum Gasteiger partial charge on any atom is -0.490 e. The summed E-state index contributed by atoms with van der Waals surface area (Å²) in [5.41, 5.74) is -0.0251. The molecule has 0 saturated heterocycles. The van der Waals surface area contributed by atoms with Crippen molar-refractivity contribution in [2.24, 2.45) is 0 Å². The Morgan fingerprint density at radius 2 is 2.17 bits per heavy atom. The molecule has 0 radical (unpaired) electrons. The number of halogens is 3. The van der Waals surface area contributed by atoms with Crippen molar-refractivity contribution in [3.63, 3.8) is 0 Å². The summed E-state index contributed by atoms with van der Waals surface area (Å²) in [6.45, 7) is 0.0496. The summed E-state index contributed by atoms with van der Waals surface area (Å²) in [7, 11) is 1.30. The van der Waals surface area contributed by atoms with Crippen LogP contribution in [0.15, 0.2) is 47.1 Å². The van der Waals surface area contributed by atoms with Gasteiger partial charge in [0.15, 0.2) is 11.6 Å². The molecule has 1 heterocycles. The van der Waals surface area contributed by atoms with E-state index in [1.165, 1.54) is 36.1 Å². The number of anilines is 1. The third kappa shape index (κ3) is 4.54. The molecule has 150 valence electrons. The van der Waals surface area contributed by atoms with Gasteiger partial charge in [0.05, 0.1) is 23.1 Å². The molecule has 3 aromatic rings. The van der Waals surface area contributed by atoms with E-state index in [0.717, 1.165) is 6.07 Å². The molecule has 0 aliphatic heterocycles. The van der Waals surface area contributed by atoms with Gasteiger partial charge >= 0.3 is 5.69 Å². The lowest BCUT2D eigenvalue weighted by Gasteiger charge is -2.06. The lowest BCUT2D eigenvalue weighted by Crippen LogP contribution is -2.13. The summed E-state index contributed by atoms with van der Waals surface area (Å²) in [4.78, 5) is 23.0. The van der Waals surface area contributed by atoms with Crippen LogP contribution >= 0.6 is 27.5 Å². The number of hydrogen-bond acceptors (Lipinski definition) is 5. The molecule has 8 nitrogen and oxygen atoms in total. The Morgan fingerprint density at radius 3 is 2.83 bits per heavy atom. The minimum atomic E-state index is -0.640. The van der Waals surface area contributed by atoms with Gasteiger partial charge in [0, 0.05) is 28.4 Å². The average molecular weight is 484 g/mol. The van der Waals surface area contributed by atoms with Gasteiger partial charge in [-0.1, -0.05) is 17.7 Å². The maximum absolute atomic E-state index is 14.0. The summed E-state index contributed by atoms with van der Waals surface area (Å²) in [5.74, 6) is -0.870. The largest absolute Gasteiger partial charge is 0.490 e. The Morgan fingerprint density at radius 1 is 1.41 bits per heavy atom. The molecule has 0 fully saturated rings. The number of hydrogen-bond donors (Lipinski definition) is 1. The van der Waals surface area contributed by atoms with E-state index < -0.39 is 16.6 Å². The van der Waals surface area contributed by atoms with Crippen LogP contribution in [0.3, 0.4) is 0 Å². The second-order valence-electron chi connectivity index (χ2n) is 5.82. The van der Waals surface area contributed by atoms with Gasteiger partial charge in [0.1, 0.15) is 5.82 Å². The maximum atomic E-state index is 14.0. The number of benzene rings is 2. The van der Waals surface area contributed by atoms with Gasteiger partial charge in [-0.05, 0) is 40.2 Å². The molecule has 1 N–H and O–H groups in total. The number of aromatic nitrogens is 2. The first-order chi connectivity index (χ1) is 13.8. The summed E-state index contributed by atoms with van der Waals surface area (Å²) in [6.07, 6.45) is 1.55. The smallest absolute Gasteiger partial charge is 0.311 e. The van der Waals surface area contributed by atoms with Crippen molar-refractivity contribution < 1.29 is 18.8 Å². The quantitative estimate of drug-likeness (QED) is 0.406. The monoisotopic (exact) mass is 482 g/mol. The standard InChI is InChI=1S/C18H13BrClFN4O4/c1-29-16-6-5-10(7-15(16)25(27)28)18(26)22-17-12(19)9-24(23-17)8-11-13(20)3-2-4-14(11)21/h2-7,9H,8H2,1H3,(H,22,23,26). The zero-order valence-corrected chi connectivity index (χ0v) is 17.2. The fourth-order valence-corrected chi connectivity index (χ4v) is 3.20. The predicted molar refractivity (Wildman–Crippen MR) is 108 cm³/mol. The number of rotatable bonds is 6. The Bertz CT molecular complexity index is 1090. The molecule has 0 bridgehead atoms. The average Bonchev–Trinajstić information content (AvgIpc) is 3.03. The molecule has 3 rings (SSSR count). The van der Waals surface area contributed by atoms with E-state index >= 15 is 0 Å². The molecule has 1 amide bonds. The fourth-order valence-electron chi connectivity index (χ4n) is 2.56. The van der Waals surface area contributed by atoms with Crippen molar-refractivity contribution >= 4 is 44.9 Å². The van der Waals surface area contributed by atoms with E-state index in [-0.39, 0.29) is 39.9 Å². The second kappa shape index (κ2) is 8.58. The Kier molecular flexibility index (Phi) is 6.14. The molecule has 1 aromatic heterocycles. The topological polar surface area (TPSA) is 99.3 Å². The molecule has 0 atom stereocenters. The van der Waals surface area contributed by atoms with Gasteiger partial charge in [-0.15, -0.1) is 0 Å². The second-order valence-corrected chi connectivity index (χ2v) is 7.08. The van der Waals surface area contributed by atoms with E-state index in [2.05, 4.69) is 26.3 Å². The molecule has 11 heteroatoms. The first-order valence-corrected chi connectivity index (χ1v) is 9.27. The lowest BCUT2D eigenvalue weighted by atomic mass is 10.1. The summed E-state index contributed by atoms with van der Waals surface area (Å²) < 4.78 is 20.7. The van der Waals surface area contributed by atoms with Gasteiger partial charge in [-0.25, -0.2) is 4.39 Å². The highest BCUT2D eigenvalue weighted by atomic mass is 79.9. The van der Waals surface area contributed by atoms with Crippen molar-refractivity contribution in [2.45, 2.75) is 6.54 Å². The van der Waals surface area contributed by atoms with E-state index in [1.807, 2.05) is 0 Å². The SMILES string of the molecule is COc1ccc(C(=O)Nc2nn(Cc3c(F)cccc3Cl)cc2Br)cc1[N+](=O)[O-]. The van der Waals surface area contributed by atoms with Gasteiger partial charge in [0.2, 0.25) is 0 Å². The first kappa shape index (κ1) is 20.7. The van der Waals surface area contributed by atoms with Crippen LogP contribution < -0.4 is 10.1 Å². The van der Waals surface area contributed by atoms with Gasteiger partial charge in [0.25, 0.3) is 5.91 Å². The van der Waals surface area contributed by atoms with Gasteiger partial charge in [-0.2, -0.15) is 5.10 Å². The number of methoxy groups -OCH3 is 1.